The van der Waals surface area contributed by atoms with Crippen LogP contribution in [0.25, 0.3) is 0 Å². The number of hydrogen-bond donors (Lipinski definition) is 2. The Morgan fingerprint density at radius 1 is 1.00 bits per heavy atom. The van der Waals surface area contributed by atoms with Gasteiger partial charge in [0.1, 0.15) is 11.5 Å². The van der Waals surface area contributed by atoms with E-state index in [0.29, 0.717) is 12.2 Å². The minimum atomic E-state index is -0.979. The second-order valence-corrected chi connectivity index (χ2v) is 6.58. The zero-order chi connectivity index (χ0) is 16.9. The molecule has 0 saturated heterocycles. The molecular formula is C20H24O3. The van der Waals surface area contributed by atoms with Gasteiger partial charge in [0.15, 0.2) is 0 Å². The molecule has 0 heterocycles. The van der Waals surface area contributed by atoms with Crippen molar-refractivity contribution < 1.29 is 14.9 Å². The smallest absolute Gasteiger partial charge is 0.217 e. The van der Waals surface area contributed by atoms with Gasteiger partial charge in [-0.15, -0.1) is 0 Å². The number of ether oxygens (including phenoxy) is 1. The molecular weight excluding hydrogens is 288 g/mol. The zero-order valence-corrected chi connectivity index (χ0v) is 13.9. The van der Waals surface area contributed by atoms with E-state index < -0.39 is 6.29 Å². The molecule has 0 radical (unpaired) electrons. The summed E-state index contributed by atoms with van der Waals surface area (Å²) in [4.78, 5) is 0. The number of phenols is 1. The summed E-state index contributed by atoms with van der Waals surface area (Å²) in [6.07, 6.45) is 3.15. The molecule has 0 aromatic heterocycles. The van der Waals surface area contributed by atoms with Crippen molar-refractivity contribution in [2.45, 2.75) is 38.9 Å². The van der Waals surface area contributed by atoms with E-state index >= 15 is 0 Å². The average Bonchev–Trinajstić information content (AvgIpc) is 2.49. The van der Waals surface area contributed by atoms with Gasteiger partial charge in [-0.1, -0.05) is 51.1 Å². The van der Waals surface area contributed by atoms with Crippen molar-refractivity contribution >= 4 is 0 Å². The van der Waals surface area contributed by atoms with Crippen molar-refractivity contribution in [3.05, 3.63) is 71.8 Å². The topological polar surface area (TPSA) is 49.7 Å². The van der Waals surface area contributed by atoms with Crippen molar-refractivity contribution in [2.75, 3.05) is 0 Å². The lowest BCUT2D eigenvalue weighted by Gasteiger charge is -2.19. The highest BCUT2D eigenvalue weighted by atomic mass is 16.6. The highest BCUT2D eigenvalue weighted by Gasteiger charge is 2.13. The summed E-state index contributed by atoms with van der Waals surface area (Å²) < 4.78 is 5.47. The van der Waals surface area contributed by atoms with E-state index in [0.717, 1.165) is 5.56 Å². The largest absolute Gasteiger partial charge is 0.508 e. The predicted molar refractivity (Wildman–Crippen MR) is 92.7 cm³/mol. The first-order chi connectivity index (χ1) is 10.8. The molecule has 2 aromatic rings. The monoisotopic (exact) mass is 312 g/mol. The summed E-state index contributed by atoms with van der Waals surface area (Å²) in [7, 11) is 0. The molecule has 0 amide bonds. The summed E-state index contributed by atoms with van der Waals surface area (Å²) in [6.45, 7) is 6.47. The summed E-state index contributed by atoms with van der Waals surface area (Å²) in [5, 5.41) is 19.1. The summed E-state index contributed by atoms with van der Waals surface area (Å²) >= 11 is 0. The van der Waals surface area contributed by atoms with Gasteiger partial charge >= 0.3 is 0 Å². The number of aliphatic hydroxyl groups is 1. The maximum atomic E-state index is 9.90. The van der Waals surface area contributed by atoms with Gasteiger partial charge in [0.25, 0.3) is 0 Å². The van der Waals surface area contributed by atoms with E-state index in [2.05, 4.69) is 20.8 Å². The fourth-order valence-corrected chi connectivity index (χ4v) is 2.16. The van der Waals surface area contributed by atoms with Crippen LogP contribution in [0.15, 0.2) is 60.7 Å². The first-order valence-corrected chi connectivity index (χ1v) is 7.74. The van der Waals surface area contributed by atoms with Crippen LogP contribution in [0.1, 0.15) is 31.9 Å². The number of benzene rings is 2. The summed E-state index contributed by atoms with van der Waals surface area (Å²) in [6, 6.07) is 14.8. The summed E-state index contributed by atoms with van der Waals surface area (Å²) in [5.74, 6) is 0.889. The second-order valence-electron chi connectivity index (χ2n) is 6.58. The minimum absolute atomic E-state index is 0.0984. The van der Waals surface area contributed by atoms with Crippen molar-refractivity contribution in [3.63, 3.8) is 0 Å². The first-order valence-electron chi connectivity index (χ1n) is 7.74. The van der Waals surface area contributed by atoms with Crippen LogP contribution in [-0.4, -0.2) is 16.5 Å². The molecule has 0 aliphatic carbocycles. The SMILES string of the molecule is CC(C)(C)c1ccc(OC(O)C=CCc2ccc(O)cc2)cc1. The van der Waals surface area contributed by atoms with Crippen molar-refractivity contribution in [3.8, 4) is 11.5 Å². The molecule has 0 aliphatic heterocycles. The lowest BCUT2D eigenvalue weighted by atomic mass is 9.87. The molecule has 0 aliphatic rings. The van der Waals surface area contributed by atoms with Crippen LogP contribution in [0, 0.1) is 0 Å². The molecule has 1 atom stereocenters. The Morgan fingerprint density at radius 3 is 2.17 bits per heavy atom. The molecule has 2 aromatic carbocycles. The molecule has 3 nitrogen and oxygen atoms in total. The molecule has 0 fully saturated rings. The molecule has 1 unspecified atom stereocenters. The van der Waals surface area contributed by atoms with E-state index in [1.165, 1.54) is 5.56 Å². The molecule has 0 spiro atoms. The molecule has 0 bridgehead atoms. The van der Waals surface area contributed by atoms with Crippen LogP contribution >= 0.6 is 0 Å². The highest BCUT2D eigenvalue weighted by molar-refractivity contribution is 5.31. The average molecular weight is 312 g/mol. The lowest BCUT2D eigenvalue weighted by molar-refractivity contribution is 0.0246. The van der Waals surface area contributed by atoms with Gasteiger partial charge in [0, 0.05) is 0 Å². The number of allylic oxidation sites excluding steroid dienone is 1. The van der Waals surface area contributed by atoms with Crippen LogP contribution in [0.4, 0.5) is 0 Å². The number of phenolic OH excluding ortho intramolecular Hbond substituents is 1. The fourth-order valence-electron chi connectivity index (χ4n) is 2.16. The van der Waals surface area contributed by atoms with Gasteiger partial charge in [0.05, 0.1) is 0 Å². The van der Waals surface area contributed by atoms with Crippen molar-refractivity contribution in [1.29, 1.82) is 0 Å². The van der Waals surface area contributed by atoms with Gasteiger partial charge in [-0.05, 0) is 53.3 Å². The third-order valence-corrected chi connectivity index (χ3v) is 3.57. The van der Waals surface area contributed by atoms with Gasteiger partial charge in [0.2, 0.25) is 6.29 Å². The van der Waals surface area contributed by atoms with Crippen LogP contribution in [0.3, 0.4) is 0 Å². The highest BCUT2D eigenvalue weighted by Crippen LogP contribution is 2.24. The minimum Gasteiger partial charge on any atom is -0.508 e. The summed E-state index contributed by atoms with van der Waals surface area (Å²) in [5.41, 5.74) is 2.38. The van der Waals surface area contributed by atoms with E-state index in [4.69, 9.17) is 4.74 Å². The Labute approximate surface area is 137 Å². The van der Waals surface area contributed by atoms with Gasteiger partial charge in [-0.25, -0.2) is 0 Å². The molecule has 2 rings (SSSR count). The van der Waals surface area contributed by atoms with E-state index in [1.807, 2.05) is 42.5 Å². The van der Waals surface area contributed by atoms with E-state index in [-0.39, 0.29) is 11.2 Å². The van der Waals surface area contributed by atoms with Gasteiger partial charge < -0.3 is 14.9 Å². The van der Waals surface area contributed by atoms with Crippen LogP contribution in [-0.2, 0) is 11.8 Å². The molecule has 0 saturated carbocycles. The van der Waals surface area contributed by atoms with Gasteiger partial charge in [-0.2, -0.15) is 0 Å². The third-order valence-electron chi connectivity index (χ3n) is 3.57. The normalized spacial score (nSPS) is 13.2. The molecule has 3 heteroatoms. The molecule has 2 N–H and O–H groups in total. The Kier molecular flexibility index (Phi) is 5.45. The first kappa shape index (κ1) is 17.1. The Morgan fingerprint density at radius 2 is 1.61 bits per heavy atom. The van der Waals surface area contributed by atoms with Crippen molar-refractivity contribution in [2.24, 2.45) is 0 Å². The number of aromatic hydroxyl groups is 1. The van der Waals surface area contributed by atoms with E-state index in [9.17, 15) is 10.2 Å². The zero-order valence-electron chi connectivity index (χ0n) is 13.9. The van der Waals surface area contributed by atoms with Gasteiger partial charge in [-0.3, -0.25) is 0 Å². The Hall–Kier alpha value is -2.26. The number of hydrogen-bond acceptors (Lipinski definition) is 3. The van der Waals surface area contributed by atoms with E-state index in [1.54, 1.807) is 18.2 Å². The maximum absolute atomic E-state index is 9.90. The number of aliphatic hydroxyl groups excluding tert-OH is 1. The third kappa shape index (κ3) is 5.46. The maximum Gasteiger partial charge on any atom is 0.217 e. The second kappa shape index (κ2) is 7.34. The van der Waals surface area contributed by atoms with Crippen LogP contribution in [0.5, 0.6) is 11.5 Å². The standard InChI is InChI=1S/C20H24O3/c1-20(2,3)16-9-13-18(14-10-16)23-19(22)6-4-5-15-7-11-17(21)12-8-15/h4,6-14,19,21-22H,5H2,1-3H3. The number of rotatable bonds is 5. The molecule has 122 valence electrons. The Bertz CT molecular complexity index is 634. The lowest BCUT2D eigenvalue weighted by Crippen LogP contribution is -2.13. The Balaban J connectivity index is 1.87. The quantitative estimate of drug-likeness (QED) is 0.643. The van der Waals surface area contributed by atoms with Crippen LogP contribution < -0.4 is 4.74 Å². The fraction of sp³-hybridized carbons (Fsp3) is 0.300. The molecule has 23 heavy (non-hydrogen) atoms. The van der Waals surface area contributed by atoms with Crippen molar-refractivity contribution in [1.82, 2.24) is 0 Å². The van der Waals surface area contributed by atoms with Crippen LogP contribution in [0.2, 0.25) is 0 Å². The predicted octanol–water partition coefficient (Wildman–Crippen LogP) is 4.19.